The molecule has 0 aromatic carbocycles. The molecule has 1 N–H and O–H groups in total. The summed E-state index contributed by atoms with van der Waals surface area (Å²) in [6.07, 6.45) is 19.3. The first kappa shape index (κ1) is 34.4. The van der Waals surface area contributed by atoms with Crippen LogP contribution in [0, 0.1) is 5.92 Å². The van der Waals surface area contributed by atoms with Crippen LogP contribution in [0.2, 0.25) is 0 Å². The number of hydrogen-bond donors (Lipinski definition) is 1. The predicted molar refractivity (Wildman–Crippen MR) is 148 cm³/mol. The molecule has 0 rings (SSSR count). The molecule has 6 nitrogen and oxygen atoms in total. The summed E-state index contributed by atoms with van der Waals surface area (Å²) in [7, 11) is 3.68. The zero-order valence-electron chi connectivity index (χ0n) is 23.1. The van der Waals surface area contributed by atoms with Crippen LogP contribution >= 0.6 is 19.6 Å². The summed E-state index contributed by atoms with van der Waals surface area (Å²) >= 11 is 1.88. The summed E-state index contributed by atoms with van der Waals surface area (Å²) in [4.78, 5) is 9.90. The molecule has 0 heterocycles. The number of thioether (sulfide) groups is 1. The quantitative estimate of drug-likeness (QED) is 0.0724. The van der Waals surface area contributed by atoms with Crippen LogP contribution in [-0.4, -0.2) is 75.5 Å². The summed E-state index contributed by atoms with van der Waals surface area (Å²) in [6, 6.07) is 0. The molecule has 0 aromatic rings. The summed E-state index contributed by atoms with van der Waals surface area (Å²) in [5, 5.41) is 0. The Hall–Kier alpha value is 0.380. The highest BCUT2D eigenvalue weighted by molar-refractivity contribution is 7.99. The van der Waals surface area contributed by atoms with Crippen molar-refractivity contribution in [1.29, 1.82) is 0 Å². The summed E-state index contributed by atoms with van der Waals surface area (Å²) < 4.78 is 28.3. The maximum absolute atomic E-state index is 12.1. The van der Waals surface area contributed by atoms with Crippen LogP contribution in [0.25, 0.3) is 0 Å². The van der Waals surface area contributed by atoms with E-state index in [4.69, 9.17) is 13.8 Å². The smallest absolute Gasteiger partial charge is 0.384 e. The van der Waals surface area contributed by atoms with E-state index in [-0.39, 0.29) is 19.1 Å². The minimum atomic E-state index is -4.01. The molecule has 0 saturated carbocycles. The van der Waals surface area contributed by atoms with Crippen LogP contribution in [0.15, 0.2) is 0 Å². The second-order valence-electron chi connectivity index (χ2n) is 10.6. The Morgan fingerprint density at radius 3 is 1.76 bits per heavy atom. The summed E-state index contributed by atoms with van der Waals surface area (Å²) in [5.74, 6) is 2.07. The molecule has 8 heteroatoms. The van der Waals surface area contributed by atoms with E-state index in [1.807, 2.05) is 32.9 Å². The number of methoxy groups -OCH3 is 1. The highest BCUT2D eigenvalue weighted by Gasteiger charge is 2.24. The van der Waals surface area contributed by atoms with Gasteiger partial charge in [-0.2, -0.15) is 11.8 Å². The van der Waals surface area contributed by atoms with E-state index in [1.54, 1.807) is 7.11 Å². The van der Waals surface area contributed by atoms with Gasteiger partial charge in [-0.25, -0.2) is 4.57 Å². The molecule has 0 fully saturated rings. The van der Waals surface area contributed by atoms with Crippen molar-refractivity contribution in [3.8, 4) is 0 Å². The Balaban J connectivity index is 3.65. The number of hydrogen-bond acceptors (Lipinski definition) is 5. The van der Waals surface area contributed by atoms with Crippen molar-refractivity contribution in [3.05, 3.63) is 0 Å². The van der Waals surface area contributed by atoms with Crippen molar-refractivity contribution in [1.82, 2.24) is 0 Å². The third-order valence-electron chi connectivity index (χ3n) is 5.89. The van der Waals surface area contributed by atoms with E-state index in [0.29, 0.717) is 17.6 Å². The van der Waals surface area contributed by atoms with Crippen molar-refractivity contribution in [2.75, 3.05) is 66.1 Å². The number of rotatable bonds is 26. The van der Waals surface area contributed by atoms with Gasteiger partial charge in [0.15, 0.2) is 0 Å². The Labute approximate surface area is 216 Å². The molecule has 206 valence electrons. The van der Waals surface area contributed by atoms with Gasteiger partial charge in [-0.3, -0.25) is 9.05 Å². The number of ether oxygens (including phenoxy) is 1. The van der Waals surface area contributed by atoms with Crippen molar-refractivity contribution in [3.63, 3.8) is 0 Å². The zero-order valence-corrected chi connectivity index (χ0v) is 24.8. The number of quaternary nitrogens is 1. The van der Waals surface area contributed by atoms with E-state index < -0.39 is 7.82 Å². The zero-order chi connectivity index (χ0) is 25.5. The van der Waals surface area contributed by atoms with E-state index >= 15 is 0 Å². The molecule has 0 aliphatic rings. The summed E-state index contributed by atoms with van der Waals surface area (Å²) in [5.41, 5.74) is 0. The molecule has 0 aromatic heterocycles. The fourth-order valence-electron chi connectivity index (χ4n) is 3.70. The molecule has 34 heavy (non-hydrogen) atoms. The van der Waals surface area contributed by atoms with Crippen molar-refractivity contribution in [2.45, 2.75) is 96.8 Å². The maximum Gasteiger partial charge on any atom is 0.472 e. The molecule has 0 radical (unpaired) electrons. The van der Waals surface area contributed by atoms with E-state index in [1.165, 1.54) is 89.9 Å². The SMILES string of the molecule is CCCCCCCCCCCCCCCCSC[C@@H](COC)COP(=O)(O)OCC[N+](C)(C)C. The minimum Gasteiger partial charge on any atom is -0.384 e. The monoisotopic (exact) mass is 526 g/mol. The maximum atomic E-state index is 12.1. The first-order chi connectivity index (χ1) is 16.2. The molecule has 0 bridgehead atoms. The molecule has 0 aliphatic carbocycles. The van der Waals surface area contributed by atoms with E-state index in [9.17, 15) is 9.46 Å². The number of unbranched alkanes of at least 4 members (excludes halogenated alkanes) is 13. The van der Waals surface area contributed by atoms with Crippen LogP contribution in [0.5, 0.6) is 0 Å². The second kappa shape index (κ2) is 22.6. The van der Waals surface area contributed by atoms with Crippen molar-refractivity contribution in [2.24, 2.45) is 5.92 Å². The van der Waals surface area contributed by atoms with Crippen molar-refractivity contribution < 1.29 is 27.7 Å². The molecule has 0 spiro atoms. The van der Waals surface area contributed by atoms with Gasteiger partial charge in [0.05, 0.1) is 34.4 Å². The average molecular weight is 527 g/mol. The lowest BCUT2D eigenvalue weighted by molar-refractivity contribution is -0.870. The van der Waals surface area contributed by atoms with Gasteiger partial charge >= 0.3 is 7.82 Å². The molecule has 0 aliphatic heterocycles. The van der Waals surface area contributed by atoms with Crippen molar-refractivity contribution >= 4 is 19.6 Å². The highest BCUT2D eigenvalue weighted by atomic mass is 32.2. The number of phosphoric ester groups is 1. The van der Waals surface area contributed by atoms with Gasteiger partial charge < -0.3 is 14.1 Å². The second-order valence-corrected chi connectivity index (χ2v) is 13.2. The Morgan fingerprint density at radius 2 is 1.29 bits per heavy atom. The van der Waals surface area contributed by atoms with Gasteiger partial charge in [0.25, 0.3) is 0 Å². The largest absolute Gasteiger partial charge is 0.472 e. The Bertz CT molecular complexity index is 490. The lowest BCUT2D eigenvalue weighted by Gasteiger charge is -2.24. The third-order valence-corrected chi connectivity index (χ3v) is 8.16. The first-order valence-corrected chi connectivity index (χ1v) is 16.3. The fourth-order valence-corrected chi connectivity index (χ4v) is 5.58. The molecule has 0 amide bonds. The number of nitrogens with zero attached hydrogens (tertiary/aromatic N) is 1. The lowest BCUT2D eigenvalue weighted by Crippen LogP contribution is -2.37. The molecule has 2 atom stereocenters. The van der Waals surface area contributed by atoms with E-state index in [2.05, 4.69) is 6.92 Å². The van der Waals surface area contributed by atoms with Crippen LogP contribution in [-0.2, 0) is 18.3 Å². The topological polar surface area (TPSA) is 65.0 Å². The Morgan fingerprint density at radius 1 is 0.794 bits per heavy atom. The summed E-state index contributed by atoms with van der Waals surface area (Å²) in [6.45, 7) is 3.81. The predicted octanol–water partition coefficient (Wildman–Crippen LogP) is 7.30. The minimum absolute atomic E-state index is 0.0871. The van der Waals surface area contributed by atoms with Crippen LogP contribution < -0.4 is 0 Å². The van der Waals surface area contributed by atoms with E-state index in [0.717, 1.165) is 11.5 Å². The molecular formula is C26H57NO5PS+. The number of phosphoric acid groups is 1. The fraction of sp³-hybridized carbons (Fsp3) is 1.00. The molecule has 1 unspecified atom stereocenters. The standard InChI is InChI=1S/C26H56NO5PS/c1-6-7-8-9-10-11-12-13-14-15-16-17-18-19-22-34-25-26(23-30-5)24-32-33(28,29)31-21-20-27(2,3)4/h26H,6-25H2,1-5H3/p+1/t26-/m0/s1. The number of likely N-dealkylation sites (N-methyl/N-ethyl adjacent to an activating group) is 1. The first-order valence-electron chi connectivity index (χ1n) is 13.7. The lowest BCUT2D eigenvalue weighted by atomic mass is 10.0. The van der Waals surface area contributed by atoms with Crippen LogP contribution in [0.4, 0.5) is 0 Å². The van der Waals surface area contributed by atoms with Gasteiger partial charge in [0.2, 0.25) is 0 Å². The van der Waals surface area contributed by atoms with Gasteiger partial charge in [-0.1, -0.05) is 90.4 Å². The van der Waals surface area contributed by atoms with Gasteiger partial charge in [0.1, 0.15) is 13.2 Å². The van der Waals surface area contributed by atoms with Gasteiger partial charge in [-0.05, 0) is 12.2 Å². The normalized spacial score (nSPS) is 14.9. The third kappa shape index (κ3) is 25.5. The average Bonchev–Trinajstić information content (AvgIpc) is 2.76. The molecule has 0 saturated heterocycles. The van der Waals surface area contributed by atoms with Crippen LogP contribution in [0.1, 0.15) is 96.8 Å². The highest BCUT2D eigenvalue weighted by Crippen LogP contribution is 2.43. The van der Waals surface area contributed by atoms with Crippen LogP contribution in [0.3, 0.4) is 0 Å². The Kier molecular flexibility index (Phi) is 22.8. The van der Waals surface area contributed by atoms with Gasteiger partial charge in [-0.15, -0.1) is 0 Å². The molecular weight excluding hydrogens is 469 g/mol. The van der Waals surface area contributed by atoms with Gasteiger partial charge in [0, 0.05) is 18.8 Å².